The van der Waals surface area contributed by atoms with E-state index in [1.165, 1.54) is 13.0 Å². The number of hydrogen-bond acceptors (Lipinski definition) is 3. The number of hydrogen-bond donors (Lipinski definition) is 2. The first-order chi connectivity index (χ1) is 12.7. The summed E-state index contributed by atoms with van der Waals surface area (Å²) in [5.41, 5.74) is -0.971. The van der Waals surface area contributed by atoms with Gasteiger partial charge in [0.15, 0.2) is 0 Å². The van der Waals surface area contributed by atoms with Gasteiger partial charge in [0.05, 0.1) is 0 Å². The number of nitrogens with one attached hydrogen (secondary N) is 2. The number of urea groups is 1. The lowest BCUT2D eigenvalue weighted by Gasteiger charge is -2.28. The molecule has 2 fully saturated rings. The van der Waals surface area contributed by atoms with Gasteiger partial charge in [0.1, 0.15) is 17.4 Å². The van der Waals surface area contributed by atoms with Crippen molar-refractivity contribution in [3.05, 3.63) is 35.6 Å². The van der Waals surface area contributed by atoms with Gasteiger partial charge in [0.25, 0.3) is 5.91 Å². The van der Waals surface area contributed by atoms with Gasteiger partial charge in [-0.05, 0) is 31.4 Å². The molecule has 146 valence electrons. The van der Waals surface area contributed by atoms with E-state index in [9.17, 15) is 18.8 Å². The number of rotatable bonds is 5. The largest absolute Gasteiger partial charge is 0.353 e. The van der Waals surface area contributed by atoms with E-state index in [2.05, 4.69) is 10.6 Å². The highest BCUT2D eigenvalue weighted by molar-refractivity contribution is 6.09. The summed E-state index contributed by atoms with van der Waals surface area (Å²) >= 11 is 0. The third kappa shape index (κ3) is 3.42. The Morgan fingerprint density at radius 3 is 2.56 bits per heavy atom. The van der Waals surface area contributed by atoms with Crippen molar-refractivity contribution in [3.63, 3.8) is 0 Å². The maximum Gasteiger partial charge on any atom is 0.325 e. The van der Waals surface area contributed by atoms with Gasteiger partial charge >= 0.3 is 6.03 Å². The Kier molecular flexibility index (Phi) is 4.97. The number of imide groups is 1. The van der Waals surface area contributed by atoms with Gasteiger partial charge < -0.3 is 10.6 Å². The molecule has 7 heteroatoms. The molecule has 2 aliphatic rings. The summed E-state index contributed by atoms with van der Waals surface area (Å²) in [5.74, 6) is -1.08. The molecule has 0 aromatic heterocycles. The van der Waals surface area contributed by atoms with Crippen molar-refractivity contribution in [2.45, 2.75) is 63.5 Å². The molecule has 1 aliphatic carbocycles. The van der Waals surface area contributed by atoms with Crippen molar-refractivity contribution in [2.75, 3.05) is 6.54 Å². The molecule has 27 heavy (non-hydrogen) atoms. The van der Waals surface area contributed by atoms with Crippen LogP contribution in [0.1, 0.15) is 52.0 Å². The summed E-state index contributed by atoms with van der Waals surface area (Å²) in [6.07, 6.45) is 3.00. The van der Waals surface area contributed by atoms with Crippen LogP contribution in [0.3, 0.4) is 0 Å². The summed E-state index contributed by atoms with van der Waals surface area (Å²) in [5, 5.41) is 5.54. The third-order valence-electron chi connectivity index (χ3n) is 5.72. The number of halogens is 1. The Morgan fingerprint density at radius 1 is 1.30 bits per heavy atom. The molecule has 1 aromatic carbocycles. The van der Waals surface area contributed by atoms with E-state index in [1.54, 1.807) is 18.2 Å². The SMILES string of the molecule is CC(C(=O)NCC(C)(C)c1ccccc1F)N1C(=O)NC2(CCCC2)C1=O. The first-order valence-corrected chi connectivity index (χ1v) is 9.36. The zero-order valence-corrected chi connectivity index (χ0v) is 16.0. The number of benzene rings is 1. The second-order valence-corrected chi connectivity index (χ2v) is 8.15. The zero-order valence-electron chi connectivity index (χ0n) is 16.0. The average molecular weight is 375 g/mol. The standard InChI is InChI=1S/C20H26FN3O3/c1-13(24-17(26)20(23-18(24)27)10-6-7-11-20)16(25)22-12-19(2,3)14-8-4-5-9-15(14)21/h4-5,8-9,13H,6-7,10-12H2,1-3H3,(H,22,25)(H,23,27). The van der Waals surface area contributed by atoms with E-state index in [1.807, 2.05) is 13.8 Å². The van der Waals surface area contributed by atoms with E-state index in [4.69, 9.17) is 0 Å². The van der Waals surface area contributed by atoms with Gasteiger partial charge in [-0.3, -0.25) is 9.59 Å². The third-order valence-corrected chi connectivity index (χ3v) is 5.72. The molecular weight excluding hydrogens is 349 g/mol. The van der Waals surface area contributed by atoms with Gasteiger partial charge in [0, 0.05) is 12.0 Å². The van der Waals surface area contributed by atoms with Gasteiger partial charge in [-0.15, -0.1) is 0 Å². The normalized spacial score (nSPS) is 20.1. The number of carbonyl (C=O) groups excluding carboxylic acids is 3. The van der Waals surface area contributed by atoms with Gasteiger partial charge in [-0.25, -0.2) is 14.1 Å². The van der Waals surface area contributed by atoms with Crippen LogP contribution >= 0.6 is 0 Å². The maximum absolute atomic E-state index is 14.1. The molecule has 4 amide bonds. The minimum Gasteiger partial charge on any atom is -0.353 e. The summed E-state index contributed by atoms with van der Waals surface area (Å²) in [4.78, 5) is 38.7. The molecule has 1 heterocycles. The Balaban J connectivity index is 1.67. The second kappa shape index (κ2) is 6.94. The fraction of sp³-hybridized carbons (Fsp3) is 0.550. The first kappa shape index (κ1) is 19.3. The average Bonchev–Trinajstić information content (AvgIpc) is 3.18. The highest BCUT2D eigenvalue weighted by atomic mass is 19.1. The van der Waals surface area contributed by atoms with Crippen molar-refractivity contribution >= 4 is 17.8 Å². The van der Waals surface area contributed by atoms with E-state index < -0.39 is 28.9 Å². The lowest BCUT2D eigenvalue weighted by Crippen LogP contribution is -2.51. The van der Waals surface area contributed by atoms with Crippen LogP contribution in [0, 0.1) is 5.82 Å². The Hall–Kier alpha value is -2.44. The summed E-state index contributed by atoms with van der Waals surface area (Å²) in [6, 6.07) is 5.00. The predicted octanol–water partition coefficient (Wildman–Crippen LogP) is 2.47. The quantitative estimate of drug-likeness (QED) is 0.776. The highest BCUT2D eigenvalue weighted by Gasteiger charge is 2.54. The second-order valence-electron chi connectivity index (χ2n) is 8.15. The molecule has 2 N–H and O–H groups in total. The fourth-order valence-electron chi connectivity index (χ4n) is 3.99. The maximum atomic E-state index is 14.1. The van der Waals surface area contributed by atoms with E-state index in [-0.39, 0.29) is 18.3 Å². The van der Waals surface area contributed by atoms with Gasteiger partial charge in [0.2, 0.25) is 5.91 Å². The molecule has 1 saturated heterocycles. The molecule has 1 spiro atoms. The van der Waals surface area contributed by atoms with E-state index in [0.29, 0.717) is 18.4 Å². The van der Waals surface area contributed by atoms with Crippen molar-refractivity contribution in [1.29, 1.82) is 0 Å². The smallest absolute Gasteiger partial charge is 0.325 e. The minimum absolute atomic E-state index is 0.186. The minimum atomic E-state index is -0.922. The Morgan fingerprint density at radius 2 is 1.93 bits per heavy atom. The van der Waals surface area contributed by atoms with Crippen LogP contribution in [0.4, 0.5) is 9.18 Å². The van der Waals surface area contributed by atoms with Crippen LogP contribution in [-0.2, 0) is 15.0 Å². The first-order valence-electron chi connectivity index (χ1n) is 9.36. The van der Waals surface area contributed by atoms with Crippen LogP contribution in [0.15, 0.2) is 24.3 Å². The monoisotopic (exact) mass is 375 g/mol. The van der Waals surface area contributed by atoms with Crippen molar-refractivity contribution in [1.82, 2.24) is 15.5 Å². The summed E-state index contributed by atoms with van der Waals surface area (Å²) in [6.45, 7) is 5.39. The highest BCUT2D eigenvalue weighted by Crippen LogP contribution is 2.35. The summed E-state index contributed by atoms with van der Waals surface area (Å²) in [7, 11) is 0. The molecule has 3 rings (SSSR count). The van der Waals surface area contributed by atoms with Crippen molar-refractivity contribution < 1.29 is 18.8 Å². The molecule has 0 bridgehead atoms. The van der Waals surface area contributed by atoms with Crippen LogP contribution in [0.2, 0.25) is 0 Å². The van der Waals surface area contributed by atoms with E-state index in [0.717, 1.165) is 17.7 Å². The molecule has 1 aliphatic heterocycles. The number of amides is 4. The Bertz CT molecular complexity index is 771. The lowest BCUT2D eigenvalue weighted by atomic mass is 9.84. The fourth-order valence-corrected chi connectivity index (χ4v) is 3.99. The molecule has 1 atom stereocenters. The molecule has 1 saturated carbocycles. The zero-order chi connectivity index (χ0) is 19.8. The van der Waals surface area contributed by atoms with E-state index >= 15 is 0 Å². The van der Waals surface area contributed by atoms with Gasteiger partial charge in [-0.1, -0.05) is 44.9 Å². The molecule has 1 unspecified atom stereocenters. The predicted molar refractivity (Wildman–Crippen MR) is 98.5 cm³/mol. The molecule has 0 radical (unpaired) electrons. The Labute approximate surface area is 158 Å². The number of nitrogens with zero attached hydrogens (tertiary/aromatic N) is 1. The van der Waals surface area contributed by atoms with Crippen molar-refractivity contribution in [3.8, 4) is 0 Å². The van der Waals surface area contributed by atoms with Crippen LogP contribution in [0.25, 0.3) is 0 Å². The molecule has 6 nitrogen and oxygen atoms in total. The van der Waals surface area contributed by atoms with Crippen LogP contribution in [0.5, 0.6) is 0 Å². The lowest BCUT2D eigenvalue weighted by molar-refractivity contribution is -0.137. The topological polar surface area (TPSA) is 78.5 Å². The molecule has 1 aromatic rings. The van der Waals surface area contributed by atoms with Gasteiger partial charge in [-0.2, -0.15) is 0 Å². The van der Waals surface area contributed by atoms with Crippen LogP contribution in [-0.4, -0.2) is 40.9 Å². The van der Waals surface area contributed by atoms with Crippen LogP contribution < -0.4 is 10.6 Å². The molecular formula is C20H26FN3O3. The number of carbonyl (C=O) groups is 3. The summed E-state index contributed by atoms with van der Waals surface area (Å²) < 4.78 is 14.1. The van der Waals surface area contributed by atoms with Crippen molar-refractivity contribution in [2.24, 2.45) is 0 Å².